The fourth-order valence-electron chi connectivity index (χ4n) is 2.46. The van der Waals surface area contributed by atoms with Gasteiger partial charge in [0.15, 0.2) is 0 Å². The minimum Gasteiger partial charge on any atom is -0.370 e. The average Bonchev–Trinajstić information content (AvgIpc) is 2.81. The smallest absolute Gasteiger partial charge is 0.137 e. The topological polar surface area (TPSA) is 44.3 Å². The molecule has 0 spiro atoms. The normalized spacial score (nSPS) is 19.6. The molecule has 1 saturated heterocycles. The second-order valence-electron chi connectivity index (χ2n) is 5.05. The van der Waals surface area contributed by atoms with Gasteiger partial charge in [0.2, 0.25) is 0 Å². The summed E-state index contributed by atoms with van der Waals surface area (Å²) in [6, 6.07) is 0.627. The first-order chi connectivity index (χ1) is 8.63. The van der Waals surface area contributed by atoms with E-state index >= 15 is 0 Å². The van der Waals surface area contributed by atoms with Crippen LogP contribution >= 0.6 is 0 Å². The molecule has 100 valence electrons. The van der Waals surface area contributed by atoms with E-state index in [1.807, 2.05) is 0 Å². The predicted molar refractivity (Wildman–Crippen MR) is 75.2 cm³/mol. The van der Waals surface area contributed by atoms with E-state index in [-0.39, 0.29) is 0 Å². The molecule has 5 nitrogen and oxygen atoms in total. The molecule has 2 rings (SSSR count). The third-order valence-electron chi connectivity index (χ3n) is 3.59. The van der Waals surface area contributed by atoms with E-state index in [9.17, 15) is 0 Å². The Morgan fingerprint density at radius 1 is 1.44 bits per heavy atom. The van der Waals surface area contributed by atoms with E-state index in [0.717, 1.165) is 36.8 Å². The van der Waals surface area contributed by atoms with E-state index in [0.29, 0.717) is 6.04 Å². The Morgan fingerprint density at radius 2 is 2.22 bits per heavy atom. The predicted octanol–water partition coefficient (Wildman–Crippen LogP) is 1.36. The lowest BCUT2D eigenvalue weighted by atomic mass is 10.2. The summed E-state index contributed by atoms with van der Waals surface area (Å²) in [5.41, 5.74) is 1.15. The van der Waals surface area contributed by atoms with Crippen molar-refractivity contribution in [2.45, 2.75) is 26.3 Å². The van der Waals surface area contributed by atoms with Gasteiger partial charge in [-0.1, -0.05) is 0 Å². The lowest BCUT2D eigenvalue weighted by molar-refractivity contribution is 0.315. The van der Waals surface area contributed by atoms with Crippen LogP contribution in [0.25, 0.3) is 0 Å². The minimum absolute atomic E-state index is 0.627. The molecule has 0 aliphatic carbocycles. The van der Waals surface area contributed by atoms with Crippen molar-refractivity contribution in [1.29, 1.82) is 0 Å². The van der Waals surface area contributed by atoms with Gasteiger partial charge in [0.05, 0.1) is 0 Å². The maximum Gasteiger partial charge on any atom is 0.137 e. The summed E-state index contributed by atoms with van der Waals surface area (Å²) in [5.74, 6) is 2.03. The van der Waals surface area contributed by atoms with E-state index in [2.05, 4.69) is 53.0 Å². The van der Waals surface area contributed by atoms with Crippen molar-refractivity contribution in [3.63, 3.8) is 0 Å². The molecule has 1 aromatic rings. The lowest BCUT2D eigenvalue weighted by Gasteiger charge is -2.22. The number of rotatable bonds is 4. The zero-order valence-corrected chi connectivity index (χ0v) is 11.8. The highest BCUT2D eigenvalue weighted by Crippen LogP contribution is 2.26. The molecule has 0 amide bonds. The number of anilines is 2. The Labute approximate surface area is 109 Å². The van der Waals surface area contributed by atoms with Crippen LogP contribution in [0.5, 0.6) is 0 Å². The van der Waals surface area contributed by atoms with Gasteiger partial charge in [-0.2, -0.15) is 0 Å². The van der Waals surface area contributed by atoms with Crippen molar-refractivity contribution >= 4 is 11.6 Å². The monoisotopic (exact) mass is 249 g/mol. The summed E-state index contributed by atoms with van der Waals surface area (Å²) >= 11 is 0. The first-order valence-electron chi connectivity index (χ1n) is 6.60. The summed E-state index contributed by atoms with van der Waals surface area (Å²) in [7, 11) is 4.29. The summed E-state index contributed by atoms with van der Waals surface area (Å²) in [5, 5.41) is 3.29. The minimum atomic E-state index is 0.627. The lowest BCUT2D eigenvalue weighted by Crippen LogP contribution is -2.32. The zero-order chi connectivity index (χ0) is 13.1. The van der Waals surface area contributed by atoms with Crippen molar-refractivity contribution < 1.29 is 0 Å². The average molecular weight is 249 g/mol. The van der Waals surface area contributed by atoms with Crippen LogP contribution in [0.3, 0.4) is 0 Å². The molecular weight excluding hydrogens is 226 g/mol. The van der Waals surface area contributed by atoms with Gasteiger partial charge in [-0.25, -0.2) is 9.97 Å². The Hall–Kier alpha value is -1.36. The molecule has 18 heavy (non-hydrogen) atoms. The van der Waals surface area contributed by atoms with Crippen molar-refractivity contribution in [2.75, 3.05) is 43.9 Å². The maximum absolute atomic E-state index is 4.45. The van der Waals surface area contributed by atoms with Gasteiger partial charge in [0.25, 0.3) is 0 Å². The number of nitrogens with one attached hydrogen (secondary N) is 1. The number of nitrogens with zero attached hydrogens (tertiary/aromatic N) is 4. The zero-order valence-electron chi connectivity index (χ0n) is 11.8. The highest BCUT2D eigenvalue weighted by Gasteiger charge is 2.26. The SMILES string of the molecule is CCNc1ncnc(N2CCC(N(C)C)C2)c1C. The summed E-state index contributed by atoms with van der Waals surface area (Å²) in [4.78, 5) is 13.4. The van der Waals surface area contributed by atoms with Crippen LogP contribution in [0.2, 0.25) is 0 Å². The van der Waals surface area contributed by atoms with E-state index in [1.165, 1.54) is 6.42 Å². The van der Waals surface area contributed by atoms with E-state index in [1.54, 1.807) is 6.33 Å². The third kappa shape index (κ3) is 2.56. The Morgan fingerprint density at radius 3 is 2.83 bits per heavy atom. The fourth-order valence-corrected chi connectivity index (χ4v) is 2.46. The van der Waals surface area contributed by atoms with Gasteiger partial charge < -0.3 is 15.1 Å². The van der Waals surface area contributed by atoms with Crippen LogP contribution in [0.15, 0.2) is 6.33 Å². The van der Waals surface area contributed by atoms with Crippen LogP contribution < -0.4 is 10.2 Å². The Kier molecular flexibility index (Phi) is 4.01. The summed E-state index contributed by atoms with van der Waals surface area (Å²) in [6.07, 6.45) is 2.86. The van der Waals surface area contributed by atoms with Crippen molar-refractivity contribution in [2.24, 2.45) is 0 Å². The third-order valence-corrected chi connectivity index (χ3v) is 3.59. The molecule has 5 heteroatoms. The fraction of sp³-hybridized carbons (Fsp3) is 0.692. The summed E-state index contributed by atoms with van der Waals surface area (Å²) in [6.45, 7) is 7.19. The molecule has 1 unspecified atom stereocenters. The molecule has 1 aliphatic heterocycles. The Bertz CT molecular complexity index is 404. The van der Waals surface area contributed by atoms with Gasteiger partial charge in [0, 0.05) is 31.2 Å². The summed E-state index contributed by atoms with van der Waals surface area (Å²) < 4.78 is 0. The molecule has 1 aromatic heterocycles. The molecule has 2 heterocycles. The van der Waals surface area contributed by atoms with Gasteiger partial charge >= 0.3 is 0 Å². The number of aromatic nitrogens is 2. The molecule has 0 saturated carbocycles. The second kappa shape index (κ2) is 5.52. The van der Waals surface area contributed by atoms with Crippen molar-refractivity contribution in [1.82, 2.24) is 14.9 Å². The van der Waals surface area contributed by atoms with Gasteiger partial charge in [-0.05, 0) is 34.4 Å². The van der Waals surface area contributed by atoms with Gasteiger partial charge in [0.1, 0.15) is 18.0 Å². The van der Waals surface area contributed by atoms with Gasteiger partial charge in [-0.15, -0.1) is 0 Å². The number of likely N-dealkylation sites (N-methyl/N-ethyl adjacent to an activating group) is 1. The maximum atomic E-state index is 4.45. The molecular formula is C13H23N5. The van der Waals surface area contributed by atoms with Crippen molar-refractivity contribution in [3.05, 3.63) is 11.9 Å². The first-order valence-corrected chi connectivity index (χ1v) is 6.60. The van der Waals surface area contributed by atoms with Crippen molar-refractivity contribution in [3.8, 4) is 0 Å². The second-order valence-corrected chi connectivity index (χ2v) is 5.05. The van der Waals surface area contributed by atoms with E-state index < -0.39 is 0 Å². The largest absolute Gasteiger partial charge is 0.370 e. The molecule has 1 fully saturated rings. The van der Waals surface area contributed by atoms with Crippen LogP contribution in [0, 0.1) is 6.92 Å². The first kappa shape index (κ1) is 13.1. The van der Waals surface area contributed by atoms with Crippen LogP contribution in [0.1, 0.15) is 18.9 Å². The number of hydrogen-bond acceptors (Lipinski definition) is 5. The van der Waals surface area contributed by atoms with Crippen LogP contribution in [0.4, 0.5) is 11.6 Å². The van der Waals surface area contributed by atoms with E-state index in [4.69, 9.17) is 0 Å². The molecule has 1 N–H and O–H groups in total. The molecule has 0 bridgehead atoms. The van der Waals surface area contributed by atoms with Crippen LogP contribution in [-0.4, -0.2) is 54.6 Å². The van der Waals surface area contributed by atoms with Crippen LogP contribution in [-0.2, 0) is 0 Å². The molecule has 0 aromatic carbocycles. The highest BCUT2D eigenvalue weighted by molar-refractivity contribution is 5.58. The molecule has 1 aliphatic rings. The Balaban J connectivity index is 2.17. The molecule has 0 radical (unpaired) electrons. The van der Waals surface area contributed by atoms with Gasteiger partial charge in [-0.3, -0.25) is 0 Å². The molecule has 1 atom stereocenters. The standard InChI is InChI=1S/C13H23N5/c1-5-14-12-10(2)13(16-9-15-12)18-7-6-11(8-18)17(3)4/h9,11H,5-8H2,1-4H3,(H,14,15,16). The highest BCUT2D eigenvalue weighted by atomic mass is 15.3. The quantitative estimate of drug-likeness (QED) is 0.873. The number of hydrogen-bond donors (Lipinski definition) is 1.